The molecular weight excluding hydrogens is 354 g/mol. The van der Waals surface area contributed by atoms with E-state index in [9.17, 15) is 14.7 Å². The van der Waals surface area contributed by atoms with Crippen LogP contribution in [-0.4, -0.2) is 50.9 Å². The number of amides is 1. The molecule has 0 radical (unpaired) electrons. The maximum atomic E-state index is 12.6. The summed E-state index contributed by atoms with van der Waals surface area (Å²) in [5, 5.41) is 16.7. The van der Waals surface area contributed by atoms with Crippen LogP contribution in [-0.2, 0) is 4.79 Å². The highest BCUT2D eigenvalue weighted by molar-refractivity contribution is 7.99. The largest absolute Gasteiger partial charge is 0.497 e. The predicted molar refractivity (Wildman–Crippen MR) is 99.2 cm³/mol. The van der Waals surface area contributed by atoms with Gasteiger partial charge in [-0.1, -0.05) is 0 Å². The van der Waals surface area contributed by atoms with Gasteiger partial charge in [0.25, 0.3) is 5.91 Å². The van der Waals surface area contributed by atoms with Crippen LogP contribution in [0.25, 0.3) is 5.69 Å². The van der Waals surface area contributed by atoms with Crippen molar-refractivity contribution in [2.24, 2.45) is 0 Å². The molecule has 7 nitrogen and oxygen atoms in total. The van der Waals surface area contributed by atoms with Gasteiger partial charge in [-0.3, -0.25) is 4.79 Å². The molecule has 0 atom stereocenters. The van der Waals surface area contributed by atoms with Gasteiger partial charge in [0.2, 0.25) is 0 Å². The van der Waals surface area contributed by atoms with E-state index >= 15 is 0 Å². The van der Waals surface area contributed by atoms with Crippen molar-refractivity contribution in [3.63, 3.8) is 0 Å². The Morgan fingerprint density at radius 3 is 2.50 bits per heavy atom. The number of carboxylic acids is 1. The first-order valence-corrected chi connectivity index (χ1v) is 9.45. The van der Waals surface area contributed by atoms with Crippen molar-refractivity contribution in [2.45, 2.75) is 25.3 Å². The molecule has 0 spiro atoms. The highest BCUT2D eigenvalue weighted by atomic mass is 32.2. The van der Waals surface area contributed by atoms with Crippen molar-refractivity contribution in [1.29, 1.82) is 0 Å². The van der Waals surface area contributed by atoms with E-state index in [2.05, 4.69) is 10.4 Å². The maximum Gasteiger partial charge on any atom is 0.329 e. The van der Waals surface area contributed by atoms with E-state index in [1.54, 1.807) is 29.6 Å². The zero-order valence-corrected chi connectivity index (χ0v) is 15.5. The summed E-state index contributed by atoms with van der Waals surface area (Å²) >= 11 is 1.70. The Morgan fingerprint density at radius 2 is 1.92 bits per heavy atom. The minimum absolute atomic E-state index is 0.206. The summed E-state index contributed by atoms with van der Waals surface area (Å²) in [6.07, 6.45) is 0.827. The average molecular weight is 375 g/mol. The smallest absolute Gasteiger partial charge is 0.329 e. The molecule has 1 aliphatic rings. The quantitative estimate of drug-likeness (QED) is 0.833. The number of carbonyl (C=O) groups excluding carboxylic acids is 1. The maximum absolute atomic E-state index is 12.6. The fraction of sp³-hybridized carbons (Fsp3) is 0.389. The molecule has 138 valence electrons. The number of carboxylic acid groups (broad SMARTS) is 1. The second-order valence-corrected chi connectivity index (χ2v) is 7.46. The second-order valence-electron chi connectivity index (χ2n) is 6.23. The van der Waals surface area contributed by atoms with Gasteiger partial charge in [0.15, 0.2) is 5.69 Å². The van der Waals surface area contributed by atoms with Gasteiger partial charge in [-0.05, 0) is 61.6 Å². The number of hydrogen-bond donors (Lipinski definition) is 2. The summed E-state index contributed by atoms with van der Waals surface area (Å²) in [7, 11) is 1.60. The van der Waals surface area contributed by atoms with Crippen molar-refractivity contribution in [3.8, 4) is 11.4 Å². The minimum atomic E-state index is -1.21. The van der Waals surface area contributed by atoms with Crippen molar-refractivity contribution in [3.05, 3.63) is 41.7 Å². The van der Waals surface area contributed by atoms with Crippen molar-refractivity contribution >= 4 is 23.6 Å². The van der Waals surface area contributed by atoms with E-state index < -0.39 is 17.4 Å². The third-order valence-corrected chi connectivity index (χ3v) is 5.53. The number of rotatable bonds is 5. The Bertz CT molecular complexity index is 810. The lowest BCUT2D eigenvalue weighted by molar-refractivity contribution is -0.144. The topological polar surface area (TPSA) is 93.5 Å². The van der Waals surface area contributed by atoms with E-state index in [1.807, 2.05) is 31.2 Å². The van der Waals surface area contributed by atoms with Crippen LogP contribution < -0.4 is 10.1 Å². The summed E-state index contributed by atoms with van der Waals surface area (Å²) < 4.78 is 6.80. The number of thioether (sulfide) groups is 1. The number of ether oxygens (including phenoxy) is 1. The highest BCUT2D eigenvalue weighted by Crippen LogP contribution is 2.28. The molecule has 2 heterocycles. The average Bonchev–Trinajstić information content (AvgIpc) is 3.04. The summed E-state index contributed by atoms with van der Waals surface area (Å²) in [6.45, 7) is 1.85. The molecule has 0 unspecified atom stereocenters. The van der Waals surface area contributed by atoms with Crippen LogP contribution in [0.3, 0.4) is 0 Å². The Balaban J connectivity index is 1.83. The predicted octanol–water partition coefficient (Wildman–Crippen LogP) is 2.27. The van der Waals surface area contributed by atoms with Crippen molar-refractivity contribution in [1.82, 2.24) is 15.1 Å². The molecule has 1 aromatic heterocycles. The van der Waals surface area contributed by atoms with Gasteiger partial charge < -0.3 is 15.2 Å². The number of benzene rings is 1. The molecule has 8 heteroatoms. The van der Waals surface area contributed by atoms with Crippen LogP contribution in [0, 0.1) is 6.92 Å². The molecule has 1 saturated heterocycles. The van der Waals surface area contributed by atoms with E-state index in [0.717, 1.165) is 17.1 Å². The molecule has 1 fully saturated rings. The van der Waals surface area contributed by atoms with E-state index in [-0.39, 0.29) is 5.69 Å². The third kappa shape index (κ3) is 3.55. The number of nitrogens with zero attached hydrogens (tertiary/aromatic N) is 2. The van der Waals surface area contributed by atoms with Gasteiger partial charge in [0.05, 0.1) is 12.8 Å². The zero-order chi connectivity index (χ0) is 18.7. The van der Waals surface area contributed by atoms with Gasteiger partial charge in [-0.25, -0.2) is 9.48 Å². The van der Waals surface area contributed by atoms with Gasteiger partial charge >= 0.3 is 5.97 Å². The molecule has 1 amide bonds. The number of hydrogen-bond acceptors (Lipinski definition) is 5. The Morgan fingerprint density at radius 1 is 1.27 bits per heavy atom. The zero-order valence-electron chi connectivity index (χ0n) is 14.7. The molecule has 0 aliphatic carbocycles. The van der Waals surface area contributed by atoms with Gasteiger partial charge in [-0.2, -0.15) is 16.9 Å². The number of aromatic nitrogens is 2. The standard InChI is InChI=1S/C18H21N3O4S/c1-12-11-15(20-21(12)13-3-5-14(25-2)6-4-13)16(22)19-18(17(23)24)7-9-26-10-8-18/h3-6,11H,7-10H2,1-2H3,(H,19,22)(H,23,24). The highest BCUT2D eigenvalue weighted by Gasteiger charge is 2.41. The minimum Gasteiger partial charge on any atom is -0.497 e. The first-order valence-electron chi connectivity index (χ1n) is 8.30. The van der Waals surface area contributed by atoms with Crippen molar-refractivity contribution < 1.29 is 19.4 Å². The normalized spacial score (nSPS) is 16.1. The van der Waals surface area contributed by atoms with Crippen LogP contribution in [0.4, 0.5) is 0 Å². The summed E-state index contributed by atoms with van der Waals surface area (Å²) in [4.78, 5) is 24.4. The number of carbonyl (C=O) groups is 2. The lowest BCUT2D eigenvalue weighted by Crippen LogP contribution is -2.56. The number of nitrogens with one attached hydrogen (secondary N) is 1. The van der Waals surface area contributed by atoms with E-state index in [0.29, 0.717) is 24.3 Å². The van der Waals surface area contributed by atoms with Gasteiger partial charge in [0, 0.05) is 5.69 Å². The van der Waals surface area contributed by atoms with E-state index in [4.69, 9.17) is 4.74 Å². The summed E-state index contributed by atoms with van der Waals surface area (Å²) in [5.74, 6) is 0.708. The first-order chi connectivity index (χ1) is 12.4. The van der Waals surface area contributed by atoms with Crippen LogP contribution in [0.1, 0.15) is 29.0 Å². The first kappa shape index (κ1) is 18.3. The molecular formula is C18H21N3O4S. The van der Waals surface area contributed by atoms with E-state index in [1.165, 1.54) is 0 Å². The number of methoxy groups -OCH3 is 1. The Kier molecular flexibility index (Phi) is 5.22. The van der Waals surface area contributed by atoms with Gasteiger partial charge in [0.1, 0.15) is 11.3 Å². The second kappa shape index (κ2) is 7.41. The third-order valence-electron chi connectivity index (χ3n) is 4.55. The monoisotopic (exact) mass is 375 g/mol. The van der Waals surface area contributed by atoms with Gasteiger partial charge in [-0.15, -0.1) is 0 Å². The molecule has 2 aromatic rings. The molecule has 1 aliphatic heterocycles. The summed E-state index contributed by atoms with van der Waals surface area (Å²) in [6, 6.07) is 8.98. The van der Waals surface area contributed by atoms with Crippen LogP contribution >= 0.6 is 11.8 Å². The molecule has 1 aromatic carbocycles. The lowest BCUT2D eigenvalue weighted by Gasteiger charge is -2.33. The van der Waals surface area contributed by atoms with Crippen LogP contribution in [0.2, 0.25) is 0 Å². The molecule has 2 N–H and O–H groups in total. The van der Waals surface area contributed by atoms with Crippen LogP contribution in [0.5, 0.6) is 5.75 Å². The van der Waals surface area contributed by atoms with Crippen molar-refractivity contribution in [2.75, 3.05) is 18.6 Å². The SMILES string of the molecule is COc1ccc(-n2nc(C(=O)NC3(C(=O)O)CCSCC3)cc2C)cc1. The number of aliphatic carboxylic acids is 1. The summed E-state index contributed by atoms with van der Waals surface area (Å²) in [5.41, 5.74) is 0.575. The Hall–Kier alpha value is -2.48. The molecule has 3 rings (SSSR count). The molecule has 0 saturated carbocycles. The number of aryl methyl sites for hydroxylation is 1. The molecule has 26 heavy (non-hydrogen) atoms. The molecule has 0 bridgehead atoms. The van der Waals surface area contributed by atoms with Crippen LogP contribution in [0.15, 0.2) is 30.3 Å². The fourth-order valence-electron chi connectivity index (χ4n) is 2.96. The fourth-order valence-corrected chi connectivity index (χ4v) is 4.15. The Labute approximate surface area is 155 Å². The lowest BCUT2D eigenvalue weighted by atomic mass is 9.92.